The molecule has 2 aliphatic heterocycles. The van der Waals surface area contributed by atoms with Crippen LogP contribution >= 0.6 is 69.2 Å². The largest absolute Gasteiger partial charge is 1.00 e. The number of hydrogen-bond acceptors (Lipinski definition) is 18. The zero-order chi connectivity index (χ0) is 66.0. The van der Waals surface area contributed by atoms with Gasteiger partial charge in [0.25, 0.3) is 0 Å². The molecule has 84 heavy (non-hydrogen) atoms. The molecule has 5 N–H and O–H groups in total. The average Bonchev–Trinajstić information content (AvgIpc) is 3.75. The van der Waals surface area contributed by atoms with Gasteiger partial charge in [0.05, 0.1) is 56.4 Å². The third-order valence-corrected chi connectivity index (χ3v) is 13.2. The van der Waals surface area contributed by atoms with Crippen molar-refractivity contribution in [2.45, 2.75) is 91.6 Å². The van der Waals surface area contributed by atoms with Crippen molar-refractivity contribution in [3.63, 3.8) is 0 Å². The number of carbonyl (C=O) groups excluding carboxylic acids is 3. The van der Waals surface area contributed by atoms with Crippen molar-refractivity contribution in [1.29, 1.82) is 0 Å². The van der Waals surface area contributed by atoms with Gasteiger partial charge in [-0.2, -0.15) is 7.11 Å². The van der Waals surface area contributed by atoms with Crippen LogP contribution in [0, 0.1) is 48.8 Å². The minimum absolute atomic E-state index is 0. The van der Waals surface area contributed by atoms with Crippen LogP contribution in [-0.4, -0.2) is 147 Å². The minimum atomic E-state index is -1.76. The quantitative estimate of drug-likeness (QED) is 0.0486. The number of aryl methyl sites for hydroxylation is 1. The number of halogens is 11. The summed E-state index contributed by atoms with van der Waals surface area (Å²) in [6, 6.07) is 7.12. The Morgan fingerprint density at radius 1 is 0.571 bits per heavy atom. The van der Waals surface area contributed by atoms with Crippen molar-refractivity contribution < 1.29 is 147 Å². The molecular formula is C49H63B3Br3Cl2F6NaO19S. The van der Waals surface area contributed by atoms with Crippen molar-refractivity contribution in [2.24, 2.45) is 0 Å². The fourth-order valence-electron chi connectivity index (χ4n) is 6.07. The molecule has 19 nitrogen and oxygen atoms in total. The van der Waals surface area contributed by atoms with Gasteiger partial charge >= 0.3 is 74.6 Å². The molecule has 0 unspecified atom stereocenters. The molecule has 0 saturated carbocycles. The van der Waals surface area contributed by atoms with Gasteiger partial charge in [-0.05, 0) is 117 Å². The number of esters is 3. The third-order valence-electron chi connectivity index (χ3n) is 11.4. The van der Waals surface area contributed by atoms with Crippen molar-refractivity contribution in [3.8, 4) is 5.75 Å². The first kappa shape index (κ1) is 87.6. The zero-order valence-electron chi connectivity index (χ0n) is 48.8. The van der Waals surface area contributed by atoms with E-state index in [0.29, 0.717) is 15.6 Å². The maximum atomic E-state index is 13.5. The van der Waals surface area contributed by atoms with E-state index >= 15 is 0 Å². The summed E-state index contributed by atoms with van der Waals surface area (Å²) in [7, 11) is 12.2. The van der Waals surface area contributed by atoms with Crippen LogP contribution in [0.4, 0.5) is 26.3 Å². The first-order valence-electron chi connectivity index (χ1n) is 22.9. The maximum absolute atomic E-state index is 13.5. The number of hydrogen-bond donors (Lipinski definition) is 5. The molecule has 4 aromatic carbocycles. The van der Waals surface area contributed by atoms with E-state index < -0.39 is 100 Å². The average molecular weight is 1470 g/mol. The first-order chi connectivity index (χ1) is 38.2. The monoisotopic (exact) mass is 1460 g/mol. The van der Waals surface area contributed by atoms with E-state index in [1.165, 1.54) is 26.4 Å². The summed E-state index contributed by atoms with van der Waals surface area (Å²) in [5.74, 6) is -9.57. The molecule has 2 saturated heterocycles. The molecular weight excluding hydrogens is 1400 g/mol. The van der Waals surface area contributed by atoms with Crippen LogP contribution in [0.2, 0.25) is 0 Å². The van der Waals surface area contributed by atoms with Crippen LogP contribution in [0.1, 0.15) is 108 Å². The second-order valence-corrected chi connectivity index (χ2v) is 22.8. The third kappa shape index (κ3) is 26.5. The number of carbonyl (C=O) groups is 4. The molecule has 2 heterocycles. The Bertz CT molecular complexity index is 2710. The van der Waals surface area contributed by atoms with Crippen molar-refractivity contribution in [1.82, 2.24) is 0 Å². The smallest absolute Gasteiger partial charge is 0.857 e. The minimum Gasteiger partial charge on any atom is -0.857 e. The van der Waals surface area contributed by atoms with Gasteiger partial charge in [0.15, 0.2) is 0 Å². The molecule has 6 rings (SSSR count). The fourth-order valence-corrected chi connectivity index (χ4v) is 7.26. The number of aliphatic hydroxyl groups excluding tert-OH is 2. The number of rotatable bonds is 7. The molecule has 0 radical (unpaired) electrons. The molecule has 2 fully saturated rings. The second kappa shape index (κ2) is 40.6. The summed E-state index contributed by atoms with van der Waals surface area (Å²) in [5.41, 5.74) is -2.36. The topological polar surface area (TPSA) is 283 Å². The van der Waals surface area contributed by atoms with E-state index in [1.54, 1.807) is 13.8 Å². The Kier molecular flexibility index (Phi) is 42.4. The van der Waals surface area contributed by atoms with Crippen molar-refractivity contribution in [2.75, 3.05) is 49.8 Å². The van der Waals surface area contributed by atoms with Gasteiger partial charge in [-0.15, -0.1) is 0 Å². The van der Waals surface area contributed by atoms with Crippen molar-refractivity contribution >= 4 is 129 Å². The Labute approximate surface area is 543 Å². The summed E-state index contributed by atoms with van der Waals surface area (Å²) < 4.78 is 130. The Balaban J connectivity index is -0.000000459. The van der Waals surface area contributed by atoms with Gasteiger partial charge in [-0.3, -0.25) is 0 Å². The van der Waals surface area contributed by atoms with Crippen LogP contribution < -0.4 is 44.9 Å². The van der Waals surface area contributed by atoms with Gasteiger partial charge in [-0.25, -0.2) is 49.7 Å². The number of aromatic carboxylic acids is 1. The zero-order valence-corrected chi connectivity index (χ0v) is 57.9. The molecule has 0 aromatic heterocycles. The summed E-state index contributed by atoms with van der Waals surface area (Å²) in [5, 5.41) is 48.4. The van der Waals surface area contributed by atoms with Crippen LogP contribution in [0.5, 0.6) is 5.75 Å². The van der Waals surface area contributed by atoms with E-state index in [9.17, 15) is 45.5 Å². The number of benzene rings is 4. The van der Waals surface area contributed by atoms with Gasteiger partial charge in [0, 0.05) is 54.6 Å². The number of carboxylic acids is 1. The van der Waals surface area contributed by atoms with E-state index in [4.69, 9.17) is 58.0 Å². The Hall–Kier alpha value is -2.86. The molecule has 466 valence electrons. The summed E-state index contributed by atoms with van der Waals surface area (Å²) in [6.07, 6.45) is 0. The summed E-state index contributed by atoms with van der Waals surface area (Å²) in [6.45, 7) is 19.5. The van der Waals surface area contributed by atoms with E-state index in [0.717, 1.165) is 65.9 Å². The molecule has 0 aliphatic carbocycles. The molecule has 0 atom stereocenters. The van der Waals surface area contributed by atoms with Gasteiger partial charge in [-0.1, -0.05) is 53.4 Å². The predicted molar refractivity (Wildman–Crippen MR) is 310 cm³/mol. The van der Waals surface area contributed by atoms with Crippen LogP contribution in [-0.2, 0) is 42.1 Å². The van der Waals surface area contributed by atoms with Crippen LogP contribution in [0.15, 0.2) is 55.9 Å². The van der Waals surface area contributed by atoms with Crippen LogP contribution in [0.25, 0.3) is 0 Å². The first-order valence-corrected chi connectivity index (χ1v) is 28.1. The second-order valence-electron chi connectivity index (χ2n) is 17.6. The Morgan fingerprint density at radius 3 is 1.15 bits per heavy atom. The SMILES string of the molecule is CC1(C)OB(B2OC(C)(C)C(C)(C)O2)OC1(C)C.CO.CO.COC(=O)c1c(F)cc(Br)c(C)c1OC.COC(=O)c1c(F)cc(Br)cc1F.COC(=O)c1cc(C)c(B(O)O)cc1F.C[O-].O=C(O)c1c(F)cc(Br)cc1F.O=S(Cl)Cl.[Na+]. The Morgan fingerprint density at radius 2 is 0.869 bits per heavy atom. The van der Waals surface area contributed by atoms with E-state index in [-0.39, 0.29) is 83.2 Å². The predicted octanol–water partition coefficient (Wildman–Crippen LogP) is 5.72. The van der Waals surface area contributed by atoms with E-state index in [1.807, 2.05) is 55.4 Å². The molecule has 4 aromatic rings. The molecule has 0 amide bonds. The number of methoxy groups -OCH3 is 4. The number of ether oxygens (including phenoxy) is 4. The van der Waals surface area contributed by atoms with Crippen LogP contribution in [0.3, 0.4) is 0 Å². The molecule has 35 heteroatoms. The molecule has 0 bridgehead atoms. The van der Waals surface area contributed by atoms with Crippen molar-refractivity contribution in [3.05, 3.63) is 124 Å². The normalized spacial score (nSPS) is 14.0. The molecule has 0 spiro atoms. The van der Waals surface area contributed by atoms with Gasteiger partial charge in [0.1, 0.15) is 57.3 Å². The van der Waals surface area contributed by atoms with E-state index in [2.05, 4.69) is 83.4 Å². The summed E-state index contributed by atoms with van der Waals surface area (Å²) in [4.78, 5) is 43.5. The number of carboxylic acid groups (broad SMARTS) is 1. The standard InChI is InChI=1S/C12H24B2O4.C10H10BrFO3.C9H10BFO4.C8H5BrF2O2.C7H3BrF2O2.2CH4O.CH3O.Cl2OS.Na/c1-9(2)10(3,4)16-13(15-9)14-17-11(5,6)12(7,8)18-14;1-5-6(11)4-7(12)8(9(5)14-2)10(13)15-3;1-5-3-6(9(12)15-2)8(11)4-7(5)10(13)14;1-13-8(12)7-5(10)2-4(9)3-6(7)11;8-3-1-4(9)6(7(11)12)5(10)2-3;3*1-2;1-4(2)3;/h1-8H3;4H,1-3H3;3-4,13-14H,1-2H3;2-3H,1H3;1-2H,(H,11,12);2*2H,1H3;1H3;;/q;;;;;;;-1;;+1. The van der Waals surface area contributed by atoms with Gasteiger partial charge in [0.2, 0.25) is 9.23 Å². The fraction of sp³-hybridized carbons (Fsp3) is 0.429. The maximum Gasteiger partial charge on any atom is 1.00 e. The summed E-state index contributed by atoms with van der Waals surface area (Å²) >= 11 is 8.88. The molecule has 2 aliphatic rings. The van der Waals surface area contributed by atoms with Gasteiger partial charge < -0.3 is 68.0 Å². The number of aliphatic hydroxyl groups is 2.